The van der Waals surface area contributed by atoms with E-state index in [0.29, 0.717) is 48.3 Å². The number of ether oxygens (including phenoxy) is 2. The number of phenolic OH excluding ortho intramolecular Hbond substituents is 1. The monoisotopic (exact) mass is 717 g/mol. The molecule has 286 valence electrons. The molecule has 1 aliphatic carbocycles. The highest BCUT2D eigenvalue weighted by Crippen LogP contribution is 2.27. The van der Waals surface area contributed by atoms with Crippen LogP contribution in [0.15, 0.2) is 12.1 Å². The second kappa shape index (κ2) is 20.6. The van der Waals surface area contributed by atoms with E-state index < -0.39 is 54.1 Å². The molecule has 1 aromatic rings. The number of phenols is 1. The summed E-state index contributed by atoms with van der Waals surface area (Å²) in [6, 6.07) is -0.342. The quantitative estimate of drug-likeness (QED) is 0.117. The van der Waals surface area contributed by atoms with Crippen molar-refractivity contribution in [1.82, 2.24) is 20.9 Å². The summed E-state index contributed by atoms with van der Waals surface area (Å²) < 4.78 is 10.1. The third-order valence-electron chi connectivity index (χ3n) is 8.97. The van der Waals surface area contributed by atoms with Crippen LogP contribution in [0, 0.1) is 19.8 Å². The molecule has 1 saturated carbocycles. The molecule has 0 aliphatic heterocycles. The largest absolute Gasteiger partial charge is 0.508 e. The Kier molecular flexibility index (Phi) is 17.4. The second-order valence-electron chi connectivity index (χ2n) is 14.5. The Morgan fingerprint density at radius 1 is 0.961 bits per heavy atom. The number of aromatic hydroxyl groups is 1. The van der Waals surface area contributed by atoms with E-state index in [9.17, 15) is 33.9 Å². The molecule has 1 unspecified atom stereocenters. The molecule has 2 rings (SSSR count). The van der Waals surface area contributed by atoms with Crippen molar-refractivity contribution < 1.29 is 43.3 Å². The van der Waals surface area contributed by atoms with Crippen LogP contribution in [0.5, 0.6) is 5.75 Å². The Labute approximate surface area is 301 Å². The predicted octanol–water partition coefficient (Wildman–Crippen LogP) is 3.45. The highest BCUT2D eigenvalue weighted by Gasteiger charge is 2.38. The lowest BCUT2D eigenvalue weighted by Crippen LogP contribution is -2.57. The Morgan fingerprint density at radius 2 is 1.59 bits per heavy atom. The van der Waals surface area contributed by atoms with E-state index in [2.05, 4.69) is 20.7 Å². The molecule has 0 bridgehead atoms. The van der Waals surface area contributed by atoms with Crippen molar-refractivity contribution in [1.29, 1.82) is 0 Å². The minimum absolute atomic E-state index is 0.0325. The summed E-state index contributed by atoms with van der Waals surface area (Å²) in [5, 5.41) is 18.0. The summed E-state index contributed by atoms with van der Waals surface area (Å²) in [6.45, 7) is 9.62. The van der Waals surface area contributed by atoms with Gasteiger partial charge in [0.25, 0.3) is 0 Å². The fraction of sp³-hybridized carbons (Fsp3) is 0.676. The van der Waals surface area contributed by atoms with E-state index >= 15 is 0 Å². The van der Waals surface area contributed by atoms with Gasteiger partial charge < -0.3 is 36.3 Å². The van der Waals surface area contributed by atoms with Crippen LogP contribution in [0.2, 0.25) is 0 Å². The number of amides is 5. The molecular formula is C37H59N5O9. The molecule has 1 aromatic carbocycles. The van der Waals surface area contributed by atoms with E-state index in [1.165, 1.54) is 14.0 Å². The van der Waals surface area contributed by atoms with Crippen molar-refractivity contribution in [3.05, 3.63) is 28.8 Å². The van der Waals surface area contributed by atoms with Gasteiger partial charge in [-0.3, -0.25) is 24.0 Å². The van der Waals surface area contributed by atoms with Gasteiger partial charge >= 0.3 is 12.1 Å². The lowest BCUT2D eigenvalue weighted by atomic mass is 9.84. The molecular weight excluding hydrogens is 658 g/mol. The lowest BCUT2D eigenvalue weighted by molar-refractivity contribution is -0.141. The SMILES string of the molecule is COC(=O)CCCCCNC(=O)[C@H](CC1CCCCC1)NC(=O)CNC(=O)[C@@H](C)N(C(=O)OC(C)(C)C)C(=O)C(N)Cc1c(C)cc(O)cc1C. The Morgan fingerprint density at radius 3 is 2.18 bits per heavy atom. The maximum Gasteiger partial charge on any atom is 0.417 e. The molecule has 5 amide bonds. The zero-order valence-corrected chi connectivity index (χ0v) is 31.4. The summed E-state index contributed by atoms with van der Waals surface area (Å²) >= 11 is 0. The molecule has 14 nitrogen and oxygen atoms in total. The van der Waals surface area contributed by atoms with Crippen molar-refractivity contribution in [2.24, 2.45) is 11.7 Å². The highest BCUT2D eigenvalue weighted by atomic mass is 16.6. The minimum atomic E-state index is -1.39. The Balaban J connectivity index is 2.09. The van der Waals surface area contributed by atoms with Gasteiger partial charge in [-0.25, -0.2) is 9.69 Å². The van der Waals surface area contributed by atoms with Crippen LogP contribution in [0.1, 0.15) is 109 Å². The number of imide groups is 1. The van der Waals surface area contributed by atoms with Gasteiger partial charge in [-0.15, -0.1) is 0 Å². The number of nitrogens with two attached hydrogens (primary N) is 1. The smallest absolute Gasteiger partial charge is 0.417 e. The van der Waals surface area contributed by atoms with Crippen LogP contribution in [0.4, 0.5) is 4.79 Å². The van der Waals surface area contributed by atoms with Crippen LogP contribution in [0.25, 0.3) is 0 Å². The van der Waals surface area contributed by atoms with Gasteiger partial charge in [-0.2, -0.15) is 0 Å². The standard InChI is InChI=1S/C37H59N5O9/c1-23-18-27(43)19-24(2)28(23)21-29(38)35(48)42(36(49)51-37(4,5)6)25(3)33(46)40-22-31(44)41-30(20-26-14-10-8-11-15-26)34(47)39-17-13-9-12-16-32(45)50-7/h18-19,25-26,29-30,43H,8-17,20-22,38H2,1-7H3,(H,39,47)(H,40,46)(H,41,44)/t25-,29?,30+/m1/s1. The van der Waals surface area contributed by atoms with Gasteiger partial charge in [0.15, 0.2) is 0 Å². The number of nitrogens with one attached hydrogen (secondary N) is 3. The number of carbonyl (C=O) groups is 6. The van der Waals surface area contributed by atoms with Crippen molar-refractivity contribution in [2.75, 3.05) is 20.2 Å². The summed E-state index contributed by atoms with van der Waals surface area (Å²) in [5.74, 6) is -2.50. The van der Waals surface area contributed by atoms with Crippen LogP contribution in [-0.4, -0.2) is 89.6 Å². The highest BCUT2D eigenvalue weighted by molar-refractivity contribution is 6.00. The maximum atomic E-state index is 13.7. The van der Waals surface area contributed by atoms with E-state index in [0.717, 1.165) is 44.1 Å². The number of unbranched alkanes of at least 4 members (excludes halogenated alkanes) is 2. The molecule has 0 radical (unpaired) electrons. The first-order valence-corrected chi connectivity index (χ1v) is 18.0. The molecule has 0 saturated heterocycles. The number of benzene rings is 1. The van der Waals surface area contributed by atoms with E-state index in [4.69, 9.17) is 10.5 Å². The molecule has 1 fully saturated rings. The van der Waals surface area contributed by atoms with Gasteiger partial charge in [0.05, 0.1) is 19.7 Å². The van der Waals surface area contributed by atoms with Crippen LogP contribution in [-0.2, 0) is 39.9 Å². The van der Waals surface area contributed by atoms with Crippen molar-refractivity contribution in [3.8, 4) is 5.75 Å². The van der Waals surface area contributed by atoms with E-state index in [1.54, 1.807) is 46.8 Å². The second-order valence-corrected chi connectivity index (χ2v) is 14.5. The number of carbonyl (C=O) groups excluding carboxylic acids is 6. The number of nitrogens with zero attached hydrogens (tertiary/aromatic N) is 1. The predicted molar refractivity (Wildman–Crippen MR) is 191 cm³/mol. The number of hydrogen-bond donors (Lipinski definition) is 5. The molecule has 51 heavy (non-hydrogen) atoms. The Bertz CT molecular complexity index is 1350. The molecule has 0 spiro atoms. The van der Waals surface area contributed by atoms with Gasteiger partial charge in [-0.05, 0) is 102 Å². The normalized spacial score (nSPS) is 15.1. The van der Waals surface area contributed by atoms with Crippen molar-refractivity contribution in [3.63, 3.8) is 0 Å². The van der Waals surface area contributed by atoms with Crippen molar-refractivity contribution in [2.45, 2.75) is 136 Å². The fourth-order valence-electron chi connectivity index (χ4n) is 6.20. The lowest BCUT2D eigenvalue weighted by Gasteiger charge is -2.31. The summed E-state index contributed by atoms with van der Waals surface area (Å²) in [7, 11) is 1.34. The number of esters is 1. The van der Waals surface area contributed by atoms with Crippen molar-refractivity contribution >= 4 is 35.7 Å². The molecule has 3 atom stereocenters. The van der Waals surface area contributed by atoms with Gasteiger partial charge in [0, 0.05) is 13.0 Å². The number of rotatable bonds is 17. The first kappa shape index (κ1) is 43.0. The third-order valence-corrected chi connectivity index (χ3v) is 8.97. The summed E-state index contributed by atoms with van der Waals surface area (Å²) in [5.41, 5.74) is 7.46. The first-order valence-electron chi connectivity index (χ1n) is 18.0. The van der Waals surface area contributed by atoms with Gasteiger partial charge in [-0.1, -0.05) is 38.5 Å². The molecule has 6 N–H and O–H groups in total. The topological polar surface area (TPSA) is 206 Å². The van der Waals surface area contributed by atoms with Crippen LogP contribution in [0.3, 0.4) is 0 Å². The summed E-state index contributed by atoms with van der Waals surface area (Å²) in [4.78, 5) is 78.6. The van der Waals surface area contributed by atoms with E-state index in [-0.39, 0.29) is 30.0 Å². The van der Waals surface area contributed by atoms with Crippen LogP contribution >= 0.6 is 0 Å². The average molecular weight is 718 g/mol. The number of aryl methyl sites for hydroxylation is 2. The number of methoxy groups -OCH3 is 1. The van der Waals surface area contributed by atoms with Crippen LogP contribution < -0.4 is 21.7 Å². The van der Waals surface area contributed by atoms with E-state index in [1.807, 2.05) is 0 Å². The average Bonchev–Trinajstić information content (AvgIpc) is 3.05. The van der Waals surface area contributed by atoms with Gasteiger partial charge in [0.1, 0.15) is 23.4 Å². The van der Waals surface area contributed by atoms with Gasteiger partial charge in [0.2, 0.25) is 23.6 Å². The Hall–Kier alpha value is -4.20. The molecule has 1 aliphatic rings. The fourth-order valence-corrected chi connectivity index (χ4v) is 6.20. The molecule has 14 heteroatoms. The minimum Gasteiger partial charge on any atom is -0.508 e. The third kappa shape index (κ3) is 14.9. The first-order chi connectivity index (χ1) is 23.9. The maximum absolute atomic E-state index is 13.7. The molecule has 0 aromatic heterocycles. The summed E-state index contributed by atoms with van der Waals surface area (Å²) in [6.07, 6.45) is 6.95. The molecule has 0 heterocycles. The zero-order chi connectivity index (χ0) is 38.3. The zero-order valence-electron chi connectivity index (χ0n) is 31.4. The number of hydrogen-bond acceptors (Lipinski definition) is 10.